The average Bonchev–Trinajstić information content (AvgIpc) is 3.10. The molecule has 4 rings (SSSR count). The summed E-state index contributed by atoms with van der Waals surface area (Å²) >= 11 is 1.34. The lowest BCUT2D eigenvalue weighted by Gasteiger charge is -2.33. The molecular formula is C25H24N2O6S. The zero-order valence-corrected chi connectivity index (χ0v) is 20.0. The number of thioether (sulfide) groups is 1. The van der Waals surface area contributed by atoms with Gasteiger partial charge in [-0.2, -0.15) is 0 Å². The fourth-order valence-electron chi connectivity index (χ4n) is 3.87. The van der Waals surface area contributed by atoms with Crippen molar-refractivity contribution in [1.29, 1.82) is 0 Å². The number of allylic oxidation sites excluding steroid dienone is 1. The minimum Gasteiger partial charge on any atom is -0.493 e. The van der Waals surface area contributed by atoms with Gasteiger partial charge in [0, 0.05) is 6.92 Å². The van der Waals surface area contributed by atoms with Crippen molar-refractivity contribution in [2.24, 2.45) is 4.99 Å². The van der Waals surface area contributed by atoms with Crippen LogP contribution in [-0.4, -0.2) is 40.3 Å². The molecule has 0 bridgehead atoms. The number of hydrogen-bond acceptors (Lipinski definition) is 8. The van der Waals surface area contributed by atoms with Crippen LogP contribution in [0.4, 0.5) is 0 Å². The third-order valence-electron chi connectivity index (χ3n) is 5.45. The standard InChI is InChI=1S/C25H24N2O6S/c1-14-21(24(30)32-13-17-8-6-5-7-9-17)22(27-23(29)15(2)34-25(27)26-14)18-10-11-19(33-16(3)28)20(12-18)31-4/h5-12,15,22H,13H2,1-4H3/t15-,22+/m1/s1. The molecule has 2 aliphatic heterocycles. The number of methoxy groups -OCH3 is 1. The molecule has 8 nitrogen and oxygen atoms in total. The molecule has 0 aromatic heterocycles. The van der Waals surface area contributed by atoms with Crippen LogP contribution >= 0.6 is 11.8 Å². The number of amides is 1. The number of esters is 2. The molecular weight excluding hydrogens is 456 g/mol. The lowest BCUT2D eigenvalue weighted by atomic mass is 9.94. The second kappa shape index (κ2) is 9.72. The Kier molecular flexibility index (Phi) is 6.74. The summed E-state index contributed by atoms with van der Waals surface area (Å²) in [7, 11) is 1.45. The van der Waals surface area contributed by atoms with Crippen LogP contribution in [0.1, 0.15) is 37.9 Å². The monoisotopic (exact) mass is 480 g/mol. The fourth-order valence-corrected chi connectivity index (χ4v) is 4.90. The van der Waals surface area contributed by atoms with Crippen LogP contribution in [0.3, 0.4) is 0 Å². The van der Waals surface area contributed by atoms with E-state index in [1.54, 1.807) is 32.0 Å². The Morgan fingerprint density at radius 1 is 1.12 bits per heavy atom. The van der Waals surface area contributed by atoms with Crippen molar-refractivity contribution < 1.29 is 28.6 Å². The first kappa shape index (κ1) is 23.6. The third-order valence-corrected chi connectivity index (χ3v) is 6.50. The Morgan fingerprint density at radius 2 is 1.85 bits per heavy atom. The summed E-state index contributed by atoms with van der Waals surface area (Å²) in [5.41, 5.74) is 2.20. The number of rotatable bonds is 6. The lowest BCUT2D eigenvalue weighted by molar-refractivity contribution is -0.141. The smallest absolute Gasteiger partial charge is 0.338 e. The minimum absolute atomic E-state index is 0.0908. The van der Waals surface area contributed by atoms with Crippen LogP contribution in [0.2, 0.25) is 0 Å². The predicted molar refractivity (Wildman–Crippen MR) is 127 cm³/mol. The first-order chi connectivity index (χ1) is 16.3. The molecule has 2 atom stereocenters. The highest BCUT2D eigenvalue weighted by Crippen LogP contribution is 2.44. The highest BCUT2D eigenvalue weighted by atomic mass is 32.2. The number of fused-ring (bicyclic) bond motifs is 1. The van der Waals surface area contributed by atoms with Crippen LogP contribution in [0.15, 0.2) is 64.8 Å². The molecule has 2 aliphatic rings. The van der Waals surface area contributed by atoms with Gasteiger partial charge in [0.15, 0.2) is 16.7 Å². The van der Waals surface area contributed by atoms with E-state index >= 15 is 0 Å². The summed E-state index contributed by atoms with van der Waals surface area (Å²) in [4.78, 5) is 43.9. The molecule has 0 saturated carbocycles. The molecule has 2 aromatic rings. The predicted octanol–water partition coefficient (Wildman–Crippen LogP) is 4.01. The van der Waals surface area contributed by atoms with Crippen molar-refractivity contribution in [2.45, 2.75) is 38.7 Å². The topological polar surface area (TPSA) is 94.5 Å². The van der Waals surface area contributed by atoms with E-state index in [1.165, 1.54) is 30.7 Å². The highest BCUT2D eigenvalue weighted by Gasteiger charge is 2.46. The van der Waals surface area contributed by atoms with Gasteiger partial charge in [-0.1, -0.05) is 48.2 Å². The molecule has 0 spiro atoms. The van der Waals surface area contributed by atoms with Crippen molar-refractivity contribution >= 4 is 34.8 Å². The van der Waals surface area contributed by atoms with Crippen molar-refractivity contribution in [3.05, 3.63) is 70.9 Å². The number of amidine groups is 1. The van der Waals surface area contributed by atoms with Crippen LogP contribution < -0.4 is 9.47 Å². The Balaban J connectivity index is 1.74. The van der Waals surface area contributed by atoms with E-state index in [2.05, 4.69) is 4.99 Å². The largest absolute Gasteiger partial charge is 0.493 e. The van der Waals surface area contributed by atoms with Crippen LogP contribution in [0, 0.1) is 0 Å². The van der Waals surface area contributed by atoms with Gasteiger partial charge in [0.2, 0.25) is 5.91 Å². The normalized spacial score (nSPS) is 19.5. The number of carbonyl (C=O) groups is 3. The molecule has 0 N–H and O–H groups in total. The molecule has 176 valence electrons. The molecule has 2 heterocycles. The molecule has 0 radical (unpaired) electrons. The van der Waals surface area contributed by atoms with Gasteiger partial charge in [0.1, 0.15) is 6.61 Å². The molecule has 9 heteroatoms. The van der Waals surface area contributed by atoms with E-state index in [1.807, 2.05) is 30.3 Å². The first-order valence-electron chi connectivity index (χ1n) is 10.7. The van der Waals surface area contributed by atoms with Gasteiger partial charge in [-0.15, -0.1) is 0 Å². The summed E-state index contributed by atoms with van der Waals surface area (Å²) in [5, 5.41) is 0.193. The Bertz CT molecular complexity index is 1210. The van der Waals surface area contributed by atoms with E-state index in [0.29, 0.717) is 22.2 Å². The van der Waals surface area contributed by atoms with E-state index in [0.717, 1.165) is 5.56 Å². The molecule has 1 saturated heterocycles. The second-order valence-corrected chi connectivity index (χ2v) is 9.14. The van der Waals surface area contributed by atoms with Gasteiger partial charge >= 0.3 is 11.9 Å². The maximum Gasteiger partial charge on any atom is 0.338 e. The average molecular weight is 481 g/mol. The number of aliphatic imine (C=N–C) groups is 1. The molecule has 1 fully saturated rings. The summed E-state index contributed by atoms with van der Waals surface area (Å²) < 4.78 is 16.2. The second-order valence-electron chi connectivity index (χ2n) is 7.83. The Hall–Kier alpha value is -3.59. The minimum atomic E-state index is -0.763. The van der Waals surface area contributed by atoms with Crippen LogP contribution in [-0.2, 0) is 25.7 Å². The van der Waals surface area contributed by atoms with Gasteiger partial charge in [-0.05, 0) is 37.1 Å². The number of ether oxygens (including phenoxy) is 3. The number of nitrogens with zero attached hydrogens (tertiary/aromatic N) is 2. The quantitative estimate of drug-likeness (QED) is 0.455. The van der Waals surface area contributed by atoms with E-state index in [-0.39, 0.29) is 29.1 Å². The molecule has 2 aromatic carbocycles. The molecule has 0 aliphatic carbocycles. The van der Waals surface area contributed by atoms with Gasteiger partial charge < -0.3 is 14.2 Å². The summed E-state index contributed by atoms with van der Waals surface area (Å²) in [6.45, 7) is 4.92. The van der Waals surface area contributed by atoms with Gasteiger partial charge in [-0.25, -0.2) is 9.79 Å². The van der Waals surface area contributed by atoms with E-state index < -0.39 is 18.0 Å². The third kappa shape index (κ3) is 4.56. The van der Waals surface area contributed by atoms with Crippen LogP contribution in [0.5, 0.6) is 11.5 Å². The number of hydrogen-bond donors (Lipinski definition) is 0. The van der Waals surface area contributed by atoms with Gasteiger partial charge in [0.25, 0.3) is 0 Å². The van der Waals surface area contributed by atoms with Gasteiger partial charge in [-0.3, -0.25) is 14.5 Å². The first-order valence-corrected chi connectivity index (χ1v) is 11.5. The summed E-state index contributed by atoms with van der Waals surface area (Å²) in [5.74, 6) is -0.655. The zero-order chi connectivity index (χ0) is 24.4. The number of benzene rings is 2. The lowest BCUT2D eigenvalue weighted by Crippen LogP contribution is -2.40. The Labute approximate surface area is 201 Å². The maximum absolute atomic E-state index is 13.3. The summed E-state index contributed by atoms with van der Waals surface area (Å²) in [6, 6.07) is 13.5. The van der Waals surface area contributed by atoms with Gasteiger partial charge in [0.05, 0.1) is 29.7 Å². The highest BCUT2D eigenvalue weighted by molar-refractivity contribution is 8.15. The zero-order valence-electron chi connectivity index (χ0n) is 19.2. The summed E-state index contributed by atoms with van der Waals surface area (Å²) in [6.07, 6.45) is 0. The SMILES string of the molecule is COc1cc([C@H]2C(C(=O)OCc3ccccc3)=C(C)N=C3S[C@H](C)C(=O)N32)ccc1OC(C)=O. The van der Waals surface area contributed by atoms with Crippen molar-refractivity contribution in [2.75, 3.05) is 7.11 Å². The van der Waals surface area contributed by atoms with E-state index in [9.17, 15) is 14.4 Å². The maximum atomic E-state index is 13.3. The Morgan fingerprint density at radius 3 is 2.53 bits per heavy atom. The van der Waals surface area contributed by atoms with Crippen LogP contribution in [0.25, 0.3) is 0 Å². The fraction of sp³-hybridized carbons (Fsp3) is 0.280. The van der Waals surface area contributed by atoms with E-state index in [4.69, 9.17) is 14.2 Å². The molecule has 0 unspecified atom stereocenters. The van der Waals surface area contributed by atoms with Crippen molar-refractivity contribution in [3.63, 3.8) is 0 Å². The number of carbonyl (C=O) groups excluding carboxylic acids is 3. The van der Waals surface area contributed by atoms with Crippen molar-refractivity contribution in [3.8, 4) is 11.5 Å². The molecule has 1 amide bonds. The molecule has 34 heavy (non-hydrogen) atoms. The van der Waals surface area contributed by atoms with Crippen molar-refractivity contribution in [1.82, 2.24) is 4.90 Å².